The first-order chi connectivity index (χ1) is 26.1. The summed E-state index contributed by atoms with van der Waals surface area (Å²) >= 11 is 0. The van der Waals surface area contributed by atoms with Crippen LogP contribution in [0.1, 0.15) is 140 Å². The second kappa shape index (κ2) is 32.3. The van der Waals surface area contributed by atoms with Crippen molar-refractivity contribution in [3.8, 4) is 0 Å². The third-order valence-electron chi connectivity index (χ3n) is 11.2. The van der Waals surface area contributed by atoms with Gasteiger partial charge in [-0.25, -0.2) is 0 Å². The molecule has 0 heterocycles. The van der Waals surface area contributed by atoms with E-state index >= 15 is 0 Å². The second-order valence-corrected chi connectivity index (χ2v) is 42.7. The molecule has 55 heavy (non-hydrogen) atoms. The van der Waals surface area contributed by atoms with E-state index in [0.29, 0.717) is 0 Å². The number of benzene rings is 1. The van der Waals surface area contributed by atoms with Crippen LogP contribution in [-0.4, -0.2) is 62.0 Å². The second-order valence-electron chi connectivity index (χ2n) is 19.5. The normalized spacial score (nSPS) is 13.5. The molecular weight excluding hydrogens is 793 g/mol. The Hall–Kier alpha value is 0.551. The van der Waals surface area contributed by atoms with E-state index in [2.05, 4.69) is 77.6 Å². The summed E-state index contributed by atoms with van der Waals surface area (Å²) < 4.78 is 32.0. The van der Waals surface area contributed by atoms with Crippen LogP contribution in [0.15, 0.2) is 30.3 Å². The van der Waals surface area contributed by atoms with Crippen LogP contribution < -0.4 is 0 Å². The highest BCUT2D eigenvalue weighted by Gasteiger charge is 2.42. The van der Waals surface area contributed by atoms with Crippen molar-refractivity contribution < 1.29 is 16.6 Å². The average molecular weight is 888 g/mol. The van der Waals surface area contributed by atoms with E-state index in [9.17, 15) is 4.21 Å². The molecule has 4 nitrogen and oxygen atoms in total. The molecule has 0 bridgehead atoms. The van der Waals surface area contributed by atoms with Gasteiger partial charge in [0.2, 0.25) is 0 Å². The molecule has 0 radical (unpaired) electrons. The van der Waals surface area contributed by atoms with Gasteiger partial charge in [0, 0.05) is 44.5 Å². The first kappa shape index (κ1) is 53.6. The summed E-state index contributed by atoms with van der Waals surface area (Å²) in [5.41, 5.74) is 1.20. The Morgan fingerprint density at radius 1 is 0.436 bits per heavy atom. The summed E-state index contributed by atoms with van der Waals surface area (Å²) in [4.78, 5) is 0. The van der Waals surface area contributed by atoms with Crippen molar-refractivity contribution in [2.24, 2.45) is 0 Å². The Morgan fingerprint density at radius 2 is 0.727 bits per heavy atom. The van der Waals surface area contributed by atoms with Crippen LogP contribution >= 0.6 is 0 Å². The minimum atomic E-state index is -2.45. The number of hydrogen-bond acceptors (Lipinski definition) is 4. The van der Waals surface area contributed by atoms with Gasteiger partial charge < -0.3 is 12.3 Å². The van der Waals surface area contributed by atoms with E-state index in [1.54, 1.807) is 6.04 Å². The Kier molecular flexibility index (Phi) is 31.5. The Balaban J connectivity index is 1.98. The molecule has 0 saturated carbocycles. The minimum absolute atomic E-state index is 0.706. The zero-order valence-electron chi connectivity index (χ0n) is 38.5. The molecule has 1 aromatic rings. The fraction of sp³-hybridized carbons (Fsp3) is 0.864. The van der Waals surface area contributed by atoms with Crippen molar-refractivity contribution in [3.05, 3.63) is 35.9 Å². The predicted molar refractivity (Wildman–Crippen MR) is 265 cm³/mol. The lowest BCUT2D eigenvalue weighted by Gasteiger charge is -2.35. The molecule has 1 atom stereocenters. The van der Waals surface area contributed by atoms with E-state index in [4.69, 9.17) is 12.3 Å². The van der Waals surface area contributed by atoms with E-state index in [1.165, 1.54) is 152 Å². The predicted octanol–water partition coefficient (Wildman–Crippen LogP) is 14.5. The highest BCUT2D eigenvalue weighted by Crippen LogP contribution is 2.27. The zero-order valence-corrected chi connectivity index (χ0v) is 45.7. The van der Waals surface area contributed by atoms with Gasteiger partial charge in [-0.15, -0.1) is 0 Å². The Morgan fingerprint density at radius 3 is 1.05 bits per heavy atom. The van der Waals surface area contributed by atoms with Gasteiger partial charge >= 0.3 is 8.80 Å². The van der Waals surface area contributed by atoms with E-state index in [0.717, 1.165) is 24.0 Å². The van der Waals surface area contributed by atoms with Crippen LogP contribution in [0.4, 0.5) is 0 Å². The molecular formula is C44H94O4SSi6. The number of rotatable bonds is 38. The molecule has 0 aliphatic rings. The zero-order chi connectivity index (χ0) is 40.8. The van der Waals surface area contributed by atoms with Crippen molar-refractivity contribution in [1.82, 2.24) is 0 Å². The van der Waals surface area contributed by atoms with Crippen molar-refractivity contribution in [3.63, 3.8) is 0 Å². The monoisotopic (exact) mass is 887 g/mol. The lowest BCUT2D eigenvalue weighted by Crippen LogP contribution is -2.53. The molecule has 11 heteroatoms. The fourth-order valence-electron chi connectivity index (χ4n) is 8.09. The Bertz CT molecular complexity index is 1030. The van der Waals surface area contributed by atoms with E-state index in [-0.39, 0.29) is 0 Å². The van der Waals surface area contributed by atoms with Crippen molar-refractivity contribution in [1.29, 1.82) is 0 Å². The summed E-state index contributed by atoms with van der Waals surface area (Å²) in [6, 6.07) is 17.5. The van der Waals surface area contributed by atoms with Crippen molar-refractivity contribution in [2.75, 3.05) is 5.75 Å². The summed E-state index contributed by atoms with van der Waals surface area (Å²) in [6.45, 7) is 24.2. The van der Waals surface area contributed by atoms with Gasteiger partial charge in [-0.1, -0.05) is 203 Å². The lowest BCUT2D eigenvalue weighted by molar-refractivity contribution is 0.266. The third kappa shape index (κ3) is 32.1. The lowest BCUT2D eigenvalue weighted by atomic mass is 10.1. The third-order valence-corrected chi connectivity index (χ3v) is 30.3. The molecule has 324 valence electrons. The number of unbranched alkanes of at least 4 members (excludes halogenated alkanes) is 18. The van der Waals surface area contributed by atoms with Crippen LogP contribution in [0.5, 0.6) is 0 Å². The first-order valence-electron chi connectivity index (χ1n) is 23.6. The molecule has 0 spiro atoms. The van der Waals surface area contributed by atoms with Gasteiger partial charge in [-0.2, -0.15) is 0 Å². The molecule has 0 fully saturated rings. The maximum absolute atomic E-state index is 12.3. The molecule has 0 N–H and O–H groups in total. The molecule has 0 amide bonds. The molecule has 0 saturated heterocycles. The van der Waals surface area contributed by atoms with Crippen LogP contribution in [0.25, 0.3) is 0 Å². The van der Waals surface area contributed by atoms with Gasteiger partial charge in [0.25, 0.3) is 0 Å². The minimum Gasteiger partial charge on any atom is -0.420 e. The van der Waals surface area contributed by atoms with Gasteiger partial charge in [0.15, 0.2) is 27.1 Å². The van der Waals surface area contributed by atoms with Crippen molar-refractivity contribution >= 4 is 62.9 Å². The van der Waals surface area contributed by atoms with Crippen LogP contribution in [0.3, 0.4) is 0 Å². The summed E-state index contributed by atoms with van der Waals surface area (Å²) in [7, 11) is -8.76. The standard InChI is InChI=1S/C44H94O4SSi6/c1-50(2)46-55(47-51(3)4,48-52(5)6)42-34-25-19-18-24-33-41-54(9,10)40-32-23-17-16-22-31-39-53(7,8)38-30-21-15-13-11-12-14-20-29-37-49(45)43-44-35-27-26-28-36-44/h26-28,35-36,50-52H,11-25,29-34,37-43H2,1-10H3. The van der Waals surface area contributed by atoms with E-state index in [1.807, 2.05) is 18.2 Å². The van der Waals surface area contributed by atoms with E-state index < -0.39 is 62.9 Å². The molecule has 0 aromatic heterocycles. The van der Waals surface area contributed by atoms with Gasteiger partial charge in [-0.05, 0) is 57.7 Å². The largest absolute Gasteiger partial charge is 0.468 e. The van der Waals surface area contributed by atoms with Crippen LogP contribution in [0.2, 0.25) is 95.7 Å². The maximum atomic E-state index is 12.3. The molecule has 0 aliphatic heterocycles. The average Bonchev–Trinajstić information content (AvgIpc) is 3.09. The van der Waals surface area contributed by atoms with Crippen LogP contribution in [-0.2, 0) is 28.9 Å². The SMILES string of the molecule is C[SiH](C)O[Si](CCCCCCCC[Si](C)(C)CCCCCCCC[Si](C)(C)CCCCCCCCCCCS(=O)Cc1ccccc1)(O[SiH](C)C)O[SiH](C)C. The van der Waals surface area contributed by atoms with Gasteiger partial charge in [0.05, 0.1) is 0 Å². The highest BCUT2D eigenvalue weighted by molar-refractivity contribution is 7.84. The van der Waals surface area contributed by atoms with Crippen molar-refractivity contribution in [2.45, 2.75) is 236 Å². The molecule has 1 rings (SSSR count). The first-order valence-corrected chi connectivity index (χ1v) is 42.2. The van der Waals surface area contributed by atoms with Crippen LogP contribution in [0, 0.1) is 0 Å². The van der Waals surface area contributed by atoms with Gasteiger partial charge in [0.1, 0.15) is 0 Å². The summed E-state index contributed by atoms with van der Waals surface area (Å²) in [6.07, 6.45) is 29.1. The molecule has 1 unspecified atom stereocenters. The highest BCUT2D eigenvalue weighted by atomic mass is 32.2. The van der Waals surface area contributed by atoms with Gasteiger partial charge in [-0.3, -0.25) is 4.21 Å². The smallest absolute Gasteiger partial charge is 0.420 e. The topological polar surface area (TPSA) is 44.8 Å². The fourth-order valence-corrected chi connectivity index (χ4v) is 27.5. The quantitative estimate of drug-likeness (QED) is 0.0490. The Labute approximate surface area is 355 Å². The molecule has 1 aromatic carbocycles. The number of hydrogen-bond donors (Lipinski definition) is 0. The summed E-state index contributed by atoms with van der Waals surface area (Å²) in [5.74, 6) is 1.58. The molecule has 0 aliphatic carbocycles. The maximum Gasteiger partial charge on any atom is 0.468 e. The summed E-state index contributed by atoms with van der Waals surface area (Å²) in [5, 5.41) is 0.